The predicted octanol–water partition coefficient (Wildman–Crippen LogP) is 2.55. The molecule has 0 radical (unpaired) electrons. The second-order valence-electron chi connectivity index (χ2n) is 4.79. The largest absolute Gasteiger partial charge is 0.465 e. The maximum Gasteiger partial charge on any atom is 0.339 e. The lowest BCUT2D eigenvalue weighted by Crippen LogP contribution is -2.45. The molecular weight excluding hydrogens is 298 g/mol. The van der Waals surface area contributed by atoms with E-state index in [1.165, 1.54) is 7.11 Å². The molecule has 0 atom stereocenters. The van der Waals surface area contributed by atoms with Gasteiger partial charge in [-0.15, -0.1) is 0 Å². The summed E-state index contributed by atoms with van der Waals surface area (Å²) in [6.45, 7) is 3.66. The van der Waals surface area contributed by atoms with Crippen molar-refractivity contribution in [3.05, 3.63) is 27.7 Å². The van der Waals surface area contributed by atoms with Crippen molar-refractivity contribution in [2.24, 2.45) is 0 Å². The van der Waals surface area contributed by atoms with Crippen LogP contribution >= 0.6 is 15.9 Å². The first-order valence-electron chi connectivity index (χ1n) is 5.58. The molecule has 2 rings (SSSR count). The van der Waals surface area contributed by atoms with Crippen molar-refractivity contribution in [1.82, 2.24) is 0 Å². The van der Waals surface area contributed by atoms with Gasteiger partial charge in [-0.25, -0.2) is 4.79 Å². The average Bonchev–Trinajstić information content (AvgIpc) is 2.30. The molecule has 0 fully saturated rings. The van der Waals surface area contributed by atoms with Crippen molar-refractivity contribution in [2.75, 3.05) is 12.4 Å². The standard InChI is InChI=1S/C13H14BrNO3/c1-13(2)10(16)6-7-9(15-13)5-4-8(14)11(7)12(17)18-3/h4-5,15H,6H2,1-3H3. The average molecular weight is 312 g/mol. The predicted molar refractivity (Wildman–Crippen MR) is 71.9 cm³/mol. The number of Topliss-reactive ketones (excluding diaryl/α,β-unsaturated/α-hetero) is 1. The monoisotopic (exact) mass is 311 g/mol. The Morgan fingerprint density at radius 3 is 2.72 bits per heavy atom. The normalized spacial score (nSPS) is 16.8. The van der Waals surface area contributed by atoms with Crippen LogP contribution in [-0.4, -0.2) is 24.4 Å². The first-order valence-corrected chi connectivity index (χ1v) is 6.37. The van der Waals surface area contributed by atoms with Gasteiger partial charge >= 0.3 is 5.97 Å². The van der Waals surface area contributed by atoms with Crippen LogP contribution in [0, 0.1) is 0 Å². The Balaban J connectivity index is 2.59. The van der Waals surface area contributed by atoms with Gasteiger partial charge in [-0.05, 0) is 47.5 Å². The Morgan fingerprint density at radius 2 is 2.11 bits per heavy atom. The van der Waals surface area contributed by atoms with Gasteiger partial charge in [0.2, 0.25) is 0 Å². The number of benzene rings is 1. The van der Waals surface area contributed by atoms with Gasteiger partial charge in [0.25, 0.3) is 0 Å². The molecule has 1 N–H and O–H groups in total. The van der Waals surface area contributed by atoms with Gasteiger partial charge in [-0.3, -0.25) is 4.79 Å². The lowest BCUT2D eigenvalue weighted by atomic mass is 9.86. The molecule has 4 nitrogen and oxygen atoms in total. The number of ketones is 1. The second kappa shape index (κ2) is 4.39. The number of anilines is 1. The third kappa shape index (κ3) is 2.03. The summed E-state index contributed by atoms with van der Waals surface area (Å²) >= 11 is 3.33. The van der Waals surface area contributed by atoms with E-state index in [1.807, 2.05) is 19.9 Å². The fourth-order valence-electron chi connectivity index (χ4n) is 2.03. The molecule has 1 aromatic carbocycles. The van der Waals surface area contributed by atoms with Crippen LogP contribution in [0.1, 0.15) is 29.8 Å². The highest BCUT2D eigenvalue weighted by Crippen LogP contribution is 2.34. The van der Waals surface area contributed by atoms with Crippen molar-refractivity contribution in [2.45, 2.75) is 25.8 Å². The molecule has 1 aromatic rings. The number of methoxy groups -OCH3 is 1. The molecule has 1 heterocycles. The van der Waals surface area contributed by atoms with E-state index in [0.717, 1.165) is 5.69 Å². The van der Waals surface area contributed by atoms with E-state index in [9.17, 15) is 9.59 Å². The molecule has 0 saturated carbocycles. The minimum atomic E-state index is -0.603. The quantitative estimate of drug-likeness (QED) is 0.810. The van der Waals surface area contributed by atoms with E-state index in [0.29, 0.717) is 15.6 Å². The third-order valence-corrected chi connectivity index (χ3v) is 3.79. The van der Waals surface area contributed by atoms with E-state index in [1.54, 1.807) is 6.07 Å². The van der Waals surface area contributed by atoms with Crippen LogP contribution in [0.15, 0.2) is 16.6 Å². The Labute approximate surface area is 114 Å². The highest BCUT2D eigenvalue weighted by molar-refractivity contribution is 9.10. The van der Waals surface area contributed by atoms with Crippen molar-refractivity contribution >= 4 is 33.4 Å². The molecule has 0 spiro atoms. The summed E-state index contributed by atoms with van der Waals surface area (Å²) in [5, 5.41) is 3.15. The first-order chi connectivity index (χ1) is 8.36. The van der Waals surface area contributed by atoms with Crippen LogP contribution in [0.4, 0.5) is 5.69 Å². The molecule has 1 aliphatic heterocycles. The van der Waals surface area contributed by atoms with Crippen molar-refractivity contribution < 1.29 is 14.3 Å². The van der Waals surface area contributed by atoms with Gasteiger partial charge in [0.15, 0.2) is 5.78 Å². The Morgan fingerprint density at radius 1 is 1.44 bits per heavy atom. The molecule has 18 heavy (non-hydrogen) atoms. The smallest absolute Gasteiger partial charge is 0.339 e. The molecule has 96 valence electrons. The number of carbonyl (C=O) groups excluding carboxylic acids is 2. The highest BCUT2D eigenvalue weighted by Gasteiger charge is 2.35. The van der Waals surface area contributed by atoms with Gasteiger partial charge in [-0.1, -0.05) is 0 Å². The van der Waals surface area contributed by atoms with Gasteiger partial charge < -0.3 is 10.1 Å². The molecular formula is C13H14BrNO3. The molecule has 0 bridgehead atoms. The summed E-state index contributed by atoms with van der Waals surface area (Å²) in [5.74, 6) is -0.383. The summed E-state index contributed by atoms with van der Waals surface area (Å²) in [4.78, 5) is 23.8. The zero-order valence-corrected chi connectivity index (χ0v) is 12.1. The molecule has 0 saturated heterocycles. The van der Waals surface area contributed by atoms with E-state index in [4.69, 9.17) is 4.74 Å². The molecule has 0 aliphatic carbocycles. The number of hydrogen-bond donors (Lipinski definition) is 1. The molecule has 0 amide bonds. The van der Waals surface area contributed by atoms with Gasteiger partial charge in [0, 0.05) is 16.6 Å². The number of halogens is 1. The molecule has 1 aliphatic rings. The zero-order chi connectivity index (χ0) is 13.5. The number of esters is 1. The number of hydrogen-bond acceptors (Lipinski definition) is 4. The van der Waals surface area contributed by atoms with Crippen LogP contribution in [0.5, 0.6) is 0 Å². The number of fused-ring (bicyclic) bond motifs is 1. The number of ether oxygens (including phenoxy) is 1. The van der Waals surface area contributed by atoms with Crippen LogP contribution in [0.2, 0.25) is 0 Å². The SMILES string of the molecule is COC(=O)c1c(Br)ccc2c1CC(=O)C(C)(C)N2. The van der Waals surface area contributed by atoms with Crippen LogP contribution in [0.3, 0.4) is 0 Å². The summed E-state index contributed by atoms with van der Waals surface area (Å²) in [7, 11) is 1.33. The highest BCUT2D eigenvalue weighted by atomic mass is 79.9. The van der Waals surface area contributed by atoms with Gasteiger partial charge in [-0.2, -0.15) is 0 Å². The lowest BCUT2D eigenvalue weighted by Gasteiger charge is -2.33. The molecule has 5 heteroatoms. The Bertz CT molecular complexity index is 537. The minimum absolute atomic E-state index is 0.0539. The van der Waals surface area contributed by atoms with E-state index >= 15 is 0 Å². The maximum absolute atomic E-state index is 12.0. The van der Waals surface area contributed by atoms with Crippen LogP contribution in [0.25, 0.3) is 0 Å². The minimum Gasteiger partial charge on any atom is -0.465 e. The summed E-state index contributed by atoms with van der Waals surface area (Å²) < 4.78 is 5.40. The van der Waals surface area contributed by atoms with E-state index < -0.39 is 11.5 Å². The van der Waals surface area contributed by atoms with Crippen molar-refractivity contribution in [3.63, 3.8) is 0 Å². The fraction of sp³-hybridized carbons (Fsp3) is 0.385. The fourth-order valence-corrected chi connectivity index (χ4v) is 2.56. The topological polar surface area (TPSA) is 55.4 Å². The maximum atomic E-state index is 12.0. The van der Waals surface area contributed by atoms with Gasteiger partial charge in [0.1, 0.15) is 0 Å². The third-order valence-electron chi connectivity index (χ3n) is 3.13. The Kier molecular flexibility index (Phi) is 3.19. The number of carbonyl (C=O) groups is 2. The molecule has 0 unspecified atom stereocenters. The van der Waals surface area contributed by atoms with Crippen molar-refractivity contribution in [1.29, 1.82) is 0 Å². The summed E-state index contributed by atoms with van der Waals surface area (Å²) in [6, 6.07) is 3.64. The lowest BCUT2D eigenvalue weighted by molar-refractivity contribution is -0.122. The number of nitrogens with one attached hydrogen (secondary N) is 1. The van der Waals surface area contributed by atoms with Crippen LogP contribution in [-0.2, 0) is 16.0 Å². The van der Waals surface area contributed by atoms with Gasteiger partial charge in [0.05, 0.1) is 18.2 Å². The van der Waals surface area contributed by atoms with E-state index in [-0.39, 0.29) is 12.2 Å². The van der Waals surface area contributed by atoms with Crippen molar-refractivity contribution in [3.8, 4) is 0 Å². The molecule has 0 aromatic heterocycles. The summed E-state index contributed by atoms with van der Waals surface area (Å²) in [6.07, 6.45) is 0.235. The number of rotatable bonds is 1. The second-order valence-corrected chi connectivity index (χ2v) is 5.64. The Hall–Kier alpha value is -1.36. The first kappa shape index (κ1) is 13.1. The zero-order valence-electron chi connectivity index (χ0n) is 10.5. The summed E-state index contributed by atoms with van der Waals surface area (Å²) in [5.41, 5.74) is 1.32. The van der Waals surface area contributed by atoms with Crippen LogP contribution < -0.4 is 5.32 Å². The van der Waals surface area contributed by atoms with E-state index in [2.05, 4.69) is 21.2 Å².